The van der Waals surface area contributed by atoms with Gasteiger partial charge in [0.2, 0.25) is 0 Å². The largest absolute Gasteiger partial charge is 0.399 e. The summed E-state index contributed by atoms with van der Waals surface area (Å²) in [5.74, 6) is 3.38. The molecule has 1 unspecified atom stereocenters. The van der Waals surface area contributed by atoms with Crippen molar-refractivity contribution in [2.75, 3.05) is 5.43 Å². The van der Waals surface area contributed by atoms with Crippen LogP contribution in [0.25, 0.3) is 6.08 Å². The van der Waals surface area contributed by atoms with Gasteiger partial charge in [-0.05, 0) is 35.4 Å². The summed E-state index contributed by atoms with van der Waals surface area (Å²) in [6.07, 6.45) is -2.09. The fourth-order valence-corrected chi connectivity index (χ4v) is 2.67. The predicted molar refractivity (Wildman–Crippen MR) is 93.6 cm³/mol. The number of anilines is 1. The molecule has 2 aromatic rings. The number of nitrogens with one attached hydrogen (secondary N) is 1. The average molecular weight is 396 g/mol. The Morgan fingerprint density at radius 3 is 2.00 bits per heavy atom. The number of hydrogen-bond donors (Lipinski definition) is 2. The van der Waals surface area contributed by atoms with Crippen LogP contribution in [0.1, 0.15) is 17.0 Å². The summed E-state index contributed by atoms with van der Waals surface area (Å²) in [7, 11) is 0. The van der Waals surface area contributed by atoms with Crippen molar-refractivity contribution in [3.8, 4) is 0 Å². The van der Waals surface area contributed by atoms with Gasteiger partial charge in [0.15, 0.2) is 0 Å². The van der Waals surface area contributed by atoms with E-state index < -0.39 is 12.1 Å². The van der Waals surface area contributed by atoms with Crippen LogP contribution in [0, 0.1) is 0 Å². The van der Waals surface area contributed by atoms with Crippen molar-refractivity contribution in [2.24, 2.45) is 5.84 Å². The van der Waals surface area contributed by atoms with Crippen LogP contribution in [0.5, 0.6) is 0 Å². The van der Waals surface area contributed by atoms with Crippen molar-refractivity contribution in [1.29, 1.82) is 0 Å². The van der Waals surface area contributed by atoms with Crippen molar-refractivity contribution in [2.45, 2.75) is 12.1 Å². The minimum Gasteiger partial charge on any atom is -0.324 e. The summed E-state index contributed by atoms with van der Waals surface area (Å²) in [4.78, 5) is 0. The first-order chi connectivity index (χ1) is 11.2. The van der Waals surface area contributed by atoms with Gasteiger partial charge in [-0.2, -0.15) is 13.2 Å². The molecule has 24 heavy (non-hydrogen) atoms. The van der Waals surface area contributed by atoms with Crippen molar-refractivity contribution in [3.63, 3.8) is 0 Å². The third-order valence-corrected chi connectivity index (χ3v) is 4.47. The van der Waals surface area contributed by atoms with E-state index in [2.05, 4.69) is 5.43 Å². The van der Waals surface area contributed by atoms with Gasteiger partial charge in [0.05, 0.1) is 21.0 Å². The highest BCUT2D eigenvalue weighted by molar-refractivity contribution is 6.48. The number of hydrogen-bond acceptors (Lipinski definition) is 2. The number of rotatable bonds is 4. The summed E-state index contributed by atoms with van der Waals surface area (Å²) in [5, 5.41) is -0.0303. The lowest BCUT2D eigenvalue weighted by Crippen LogP contribution is -2.19. The molecule has 0 fully saturated rings. The summed E-state index contributed by atoms with van der Waals surface area (Å²) in [6, 6.07) is 8.91. The number of nitrogens with two attached hydrogens (primary N) is 1. The van der Waals surface area contributed by atoms with E-state index in [1.54, 1.807) is 24.3 Å². The molecule has 0 aliphatic carbocycles. The van der Waals surface area contributed by atoms with Crippen LogP contribution in [-0.4, -0.2) is 6.18 Å². The van der Waals surface area contributed by atoms with E-state index in [-0.39, 0.29) is 20.6 Å². The standard InChI is InChI=1S/C16H12Cl3F3N2/c17-13-7-10(8-14(18)15(13)19)12(16(20,21)22)6-3-9-1-4-11(24-23)5-2-9/h1-8,12,24H,23H2/b6-3+. The Labute approximate surface area is 152 Å². The van der Waals surface area contributed by atoms with Gasteiger partial charge < -0.3 is 5.43 Å². The molecular formula is C16H12Cl3F3N2. The van der Waals surface area contributed by atoms with E-state index in [1.807, 2.05) is 0 Å². The number of allylic oxidation sites excluding steroid dienone is 1. The molecule has 2 nitrogen and oxygen atoms in total. The van der Waals surface area contributed by atoms with Crippen LogP contribution >= 0.6 is 34.8 Å². The monoisotopic (exact) mass is 394 g/mol. The molecule has 0 aromatic heterocycles. The maximum absolute atomic E-state index is 13.4. The molecule has 0 heterocycles. The highest BCUT2D eigenvalue weighted by atomic mass is 35.5. The third kappa shape index (κ3) is 4.57. The van der Waals surface area contributed by atoms with Crippen LogP contribution in [0.2, 0.25) is 15.1 Å². The lowest BCUT2D eigenvalue weighted by Gasteiger charge is -2.18. The Hall–Kier alpha value is -1.40. The van der Waals surface area contributed by atoms with E-state index in [9.17, 15) is 13.2 Å². The maximum atomic E-state index is 13.4. The van der Waals surface area contributed by atoms with Gasteiger partial charge in [-0.1, -0.05) is 59.1 Å². The summed E-state index contributed by atoms with van der Waals surface area (Å²) in [5.41, 5.74) is 3.60. The van der Waals surface area contributed by atoms with Gasteiger partial charge in [-0.3, -0.25) is 5.84 Å². The second-order valence-corrected chi connectivity index (χ2v) is 6.14. The van der Waals surface area contributed by atoms with Gasteiger partial charge in [-0.25, -0.2) is 0 Å². The van der Waals surface area contributed by atoms with Crippen LogP contribution in [0.15, 0.2) is 42.5 Å². The first-order valence-corrected chi connectivity index (χ1v) is 7.82. The van der Waals surface area contributed by atoms with Crippen LogP contribution in [0.4, 0.5) is 18.9 Å². The summed E-state index contributed by atoms with van der Waals surface area (Å²) >= 11 is 17.5. The molecule has 2 rings (SSSR count). The van der Waals surface area contributed by atoms with Gasteiger partial charge in [0.1, 0.15) is 0 Å². The van der Waals surface area contributed by atoms with Crippen LogP contribution < -0.4 is 11.3 Å². The molecule has 0 radical (unpaired) electrons. The number of nitrogen functional groups attached to an aromatic ring is 1. The van der Waals surface area contributed by atoms with Crippen molar-refractivity contribution in [3.05, 3.63) is 68.7 Å². The minimum atomic E-state index is -4.50. The fraction of sp³-hybridized carbons (Fsp3) is 0.125. The molecular weight excluding hydrogens is 384 g/mol. The molecule has 0 amide bonds. The smallest absolute Gasteiger partial charge is 0.324 e. The molecule has 3 N–H and O–H groups in total. The summed E-state index contributed by atoms with van der Waals surface area (Å²) in [6.45, 7) is 0. The first-order valence-electron chi connectivity index (χ1n) is 6.68. The average Bonchev–Trinajstić information content (AvgIpc) is 2.52. The Morgan fingerprint density at radius 1 is 1.00 bits per heavy atom. The molecule has 0 spiro atoms. The second kappa shape index (κ2) is 7.66. The number of hydrazine groups is 1. The number of halogens is 6. The number of alkyl halides is 3. The Bertz CT molecular complexity index is 720. The third-order valence-electron chi connectivity index (χ3n) is 3.28. The highest BCUT2D eigenvalue weighted by Gasteiger charge is 2.39. The quantitative estimate of drug-likeness (QED) is 0.362. The van der Waals surface area contributed by atoms with E-state index in [1.165, 1.54) is 18.2 Å². The zero-order valence-electron chi connectivity index (χ0n) is 12.0. The van der Waals surface area contributed by atoms with Crippen molar-refractivity contribution < 1.29 is 13.2 Å². The molecule has 0 bridgehead atoms. The first kappa shape index (κ1) is 18.9. The summed E-state index contributed by atoms with van der Waals surface area (Å²) < 4.78 is 40.2. The van der Waals surface area contributed by atoms with E-state index >= 15 is 0 Å². The molecule has 1 atom stereocenters. The van der Waals surface area contributed by atoms with E-state index in [0.717, 1.165) is 6.08 Å². The molecule has 0 aliphatic heterocycles. The minimum absolute atomic E-state index is 0.0249. The van der Waals surface area contributed by atoms with Gasteiger partial charge >= 0.3 is 6.18 Å². The molecule has 0 aliphatic rings. The Balaban J connectivity index is 2.37. The maximum Gasteiger partial charge on any atom is 0.399 e. The zero-order valence-corrected chi connectivity index (χ0v) is 14.3. The molecule has 8 heteroatoms. The van der Waals surface area contributed by atoms with Crippen molar-refractivity contribution >= 4 is 46.6 Å². The molecule has 0 saturated carbocycles. The van der Waals surface area contributed by atoms with E-state index in [0.29, 0.717) is 11.3 Å². The van der Waals surface area contributed by atoms with Crippen LogP contribution in [-0.2, 0) is 0 Å². The number of benzene rings is 2. The van der Waals surface area contributed by atoms with Gasteiger partial charge in [-0.15, -0.1) is 0 Å². The fourth-order valence-electron chi connectivity index (χ4n) is 2.06. The Kier molecular flexibility index (Phi) is 6.04. The Morgan fingerprint density at radius 2 is 1.54 bits per heavy atom. The lowest BCUT2D eigenvalue weighted by atomic mass is 9.97. The zero-order chi connectivity index (χ0) is 17.9. The van der Waals surface area contributed by atoms with Crippen LogP contribution in [0.3, 0.4) is 0 Å². The predicted octanol–water partition coefficient (Wildman–Crippen LogP) is 6.29. The van der Waals surface area contributed by atoms with Gasteiger partial charge in [0.25, 0.3) is 0 Å². The SMILES string of the molecule is NNc1ccc(/C=C/C(c2cc(Cl)c(Cl)c(Cl)c2)C(F)(F)F)cc1. The molecule has 2 aromatic carbocycles. The molecule has 128 valence electrons. The normalized spacial score (nSPS) is 13.3. The lowest BCUT2D eigenvalue weighted by molar-refractivity contribution is -0.139. The molecule has 0 saturated heterocycles. The topological polar surface area (TPSA) is 38.0 Å². The van der Waals surface area contributed by atoms with Crippen molar-refractivity contribution in [1.82, 2.24) is 0 Å². The second-order valence-electron chi connectivity index (χ2n) is 4.94. The van der Waals surface area contributed by atoms with Gasteiger partial charge in [0, 0.05) is 5.69 Å². The van der Waals surface area contributed by atoms with E-state index in [4.69, 9.17) is 40.6 Å². The highest BCUT2D eigenvalue weighted by Crippen LogP contribution is 2.41.